The molecule has 2 amide bonds. The van der Waals surface area contributed by atoms with E-state index in [-0.39, 0.29) is 22.9 Å². The highest BCUT2D eigenvalue weighted by Gasteiger charge is 2.46. The second-order valence-corrected chi connectivity index (χ2v) is 9.03. The maximum atomic E-state index is 13.5. The number of carbonyl (C=O) groups is 2. The molecule has 0 bridgehead atoms. The molecule has 0 atom stereocenters. The summed E-state index contributed by atoms with van der Waals surface area (Å²) in [5.41, 5.74) is 1.12. The van der Waals surface area contributed by atoms with Gasteiger partial charge in [0.15, 0.2) is 5.65 Å². The fourth-order valence-corrected chi connectivity index (χ4v) is 5.29. The molecule has 1 N–H and O–H groups in total. The molecule has 0 unspecified atom stereocenters. The molecule has 7 nitrogen and oxygen atoms in total. The molecule has 5 rings (SSSR count). The molecule has 3 aromatic rings. The number of imidazole rings is 1. The van der Waals surface area contributed by atoms with Crippen LogP contribution in [-0.4, -0.2) is 39.0 Å². The minimum Gasteiger partial charge on any atom is -0.348 e. The summed E-state index contributed by atoms with van der Waals surface area (Å²) < 4.78 is 15.0. The van der Waals surface area contributed by atoms with Gasteiger partial charge in [-0.15, -0.1) is 0 Å². The maximum absolute atomic E-state index is 13.5. The third kappa shape index (κ3) is 3.62. The number of anilines is 1. The monoisotopic (exact) mass is 455 g/mol. The molecule has 9 heteroatoms. The quantitative estimate of drug-likeness (QED) is 0.647. The van der Waals surface area contributed by atoms with Crippen LogP contribution in [0.5, 0.6) is 0 Å². The third-order valence-electron chi connectivity index (χ3n) is 6.72. The first-order valence-electron chi connectivity index (χ1n) is 10.8. The van der Waals surface area contributed by atoms with Crippen LogP contribution in [0.1, 0.15) is 49.0 Å². The highest BCUT2D eigenvalue weighted by atomic mass is 35.5. The second-order valence-electron chi connectivity index (χ2n) is 8.62. The lowest BCUT2D eigenvalue weighted by molar-refractivity contribution is -0.132. The molecule has 1 saturated carbocycles. The lowest BCUT2D eigenvalue weighted by Crippen LogP contribution is -2.52. The molecule has 3 heterocycles. The van der Waals surface area contributed by atoms with Gasteiger partial charge in [-0.25, -0.2) is 13.9 Å². The van der Waals surface area contributed by atoms with E-state index in [4.69, 9.17) is 11.6 Å². The summed E-state index contributed by atoms with van der Waals surface area (Å²) >= 11 is 6.23. The number of nitrogens with zero attached hydrogens (tertiary/aromatic N) is 4. The number of aromatic nitrogens is 3. The van der Waals surface area contributed by atoms with Gasteiger partial charge in [0.2, 0.25) is 5.91 Å². The number of piperidine rings is 1. The van der Waals surface area contributed by atoms with Gasteiger partial charge in [0.05, 0.1) is 16.9 Å². The van der Waals surface area contributed by atoms with Gasteiger partial charge in [0, 0.05) is 24.2 Å². The average Bonchev–Trinajstić information content (AvgIpc) is 3.22. The zero-order chi connectivity index (χ0) is 22.3. The fourth-order valence-electron chi connectivity index (χ4n) is 5.02. The molecule has 0 radical (unpaired) electrons. The molecular weight excluding hydrogens is 433 g/mol. The number of hydrogen-bond donors (Lipinski definition) is 1. The second kappa shape index (κ2) is 8.16. The van der Waals surface area contributed by atoms with E-state index in [1.54, 1.807) is 29.3 Å². The van der Waals surface area contributed by atoms with Crippen molar-refractivity contribution in [1.82, 2.24) is 19.9 Å². The highest BCUT2D eigenvalue weighted by Crippen LogP contribution is 2.46. The summed E-state index contributed by atoms with van der Waals surface area (Å²) in [6.07, 6.45) is 7.64. The Labute approximate surface area is 189 Å². The number of hydrogen-bond acceptors (Lipinski definition) is 4. The summed E-state index contributed by atoms with van der Waals surface area (Å²) in [5.74, 6) is -0.588. The molecule has 1 saturated heterocycles. The smallest absolute Gasteiger partial charge is 0.271 e. The van der Waals surface area contributed by atoms with Gasteiger partial charge >= 0.3 is 0 Å². The molecule has 1 aliphatic heterocycles. The first kappa shape index (κ1) is 20.9. The van der Waals surface area contributed by atoms with Gasteiger partial charge in [-0.3, -0.25) is 9.59 Å². The van der Waals surface area contributed by atoms with E-state index in [0.29, 0.717) is 49.3 Å². The zero-order valence-electron chi connectivity index (χ0n) is 17.4. The lowest BCUT2D eigenvalue weighted by Gasteiger charge is -2.45. The van der Waals surface area contributed by atoms with Crippen LogP contribution in [0.3, 0.4) is 0 Å². The third-order valence-corrected chi connectivity index (χ3v) is 7.03. The van der Waals surface area contributed by atoms with E-state index in [1.165, 1.54) is 22.8 Å². The Morgan fingerprint density at radius 2 is 2.03 bits per heavy atom. The van der Waals surface area contributed by atoms with Crippen LogP contribution in [0, 0.1) is 11.2 Å². The summed E-state index contributed by atoms with van der Waals surface area (Å²) in [6.45, 7) is 0.577. The van der Waals surface area contributed by atoms with Crippen molar-refractivity contribution in [3.63, 3.8) is 0 Å². The number of amides is 2. The number of carbonyl (C=O) groups excluding carboxylic acids is 2. The van der Waals surface area contributed by atoms with Crippen molar-refractivity contribution in [3.05, 3.63) is 59.3 Å². The molecule has 2 aromatic heterocycles. The predicted molar refractivity (Wildman–Crippen MR) is 118 cm³/mol. The lowest BCUT2D eigenvalue weighted by atomic mass is 9.67. The average molecular weight is 456 g/mol. The molecule has 2 aliphatic rings. The van der Waals surface area contributed by atoms with Crippen molar-refractivity contribution in [2.75, 3.05) is 11.4 Å². The van der Waals surface area contributed by atoms with Crippen LogP contribution in [0.4, 0.5) is 10.1 Å². The van der Waals surface area contributed by atoms with Crippen LogP contribution in [0.25, 0.3) is 5.65 Å². The Morgan fingerprint density at radius 1 is 1.22 bits per heavy atom. The van der Waals surface area contributed by atoms with Crippen LogP contribution in [0.15, 0.2) is 42.7 Å². The van der Waals surface area contributed by atoms with Crippen molar-refractivity contribution in [2.24, 2.45) is 5.41 Å². The van der Waals surface area contributed by atoms with Gasteiger partial charge in [-0.2, -0.15) is 5.10 Å². The molecule has 1 aromatic carbocycles. The van der Waals surface area contributed by atoms with Crippen LogP contribution in [-0.2, 0) is 4.79 Å². The van der Waals surface area contributed by atoms with E-state index in [2.05, 4.69) is 15.4 Å². The summed E-state index contributed by atoms with van der Waals surface area (Å²) in [6, 6.07) is 7.70. The largest absolute Gasteiger partial charge is 0.348 e. The number of halogens is 2. The fraction of sp³-hybridized carbons (Fsp3) is 0.391. The van der Waals surface area contributed by atoms with E-state index in [9.17, 15) is 14.0 Å². The van der Waals surface area contributed by atoms with E-state index >= 15 is 0 Å². The topological polar surface area (TPSA) is 79.6 Å². The maximum Gasteiger partial charge on any atom is 0.271 e. The highest BCUT2D eigenvalue weighted by molar-refractivity contribution is 6.33. The van der Waals surface area contributed by atoms with Crippen molar-refractivity contribution in [1.29, 1.82) is 0 Å². The van der Waals surface area contributed by atoms with Gasteiger partial charge in [-0.05, 0) is 68.9 Å². The Hall–Kier alpha value is -3.00. The number of benzene rings is 1. The number of fused-ring (bicyclic) bond motifs is 1. The Kier molecular flexibility index (Phi) is 5.33. The van der Waals surface area contributed by atoms with Gasteiger partial charge < -0.3 is 10.2 Å². The standard InChI is InChI=1S/C23H23ClFN5O2/c24-17-13-15(25)4-5-18(17)29-12-2-8-23(22(29)32)9-6-16(7-10-23)28-21(31)19-14-26-20-3-1-11-27-30(19)20/h1,3-5,11,13-14,16H,2,6-10,12H2,(H,28,31)/t16-,23-. The SMILES string of the molecule is O=C(N[C@H]1CC[C@@]2(CCCN(c3ccc(F)cc3Cl)C2=O)CC1)c1cnc2cccnn12. The Morgan fingerprint density at radius 3 is 2.81 bits per heavy atom. The normalized spacial score (nSPS) is 23.6. The van der Waals surface area contributed by atoms with Crippen molar-refractivity contribution in [2.45, 2.75) is 44.6 Å². The molecule has 2 fully saturated rings. The summed E-state index contributed by atoms with van der Waals surface area (Å²) in [5, 5.41) is 7.52. The first-order valence-corrected chi connectivity index (χ1v) is 11.2. The van der Waals surface area contributed by atoms with Crippen molar-refractivity contribution in [3.8, 4) is 0 Å². The minimum atomic E-state index is -0.456. The van der Waals surface area contributed by atoms with Crippen molar-refractivity contribution >= 4 is 34.7 Å². The predicted octanol–water partition coefficient (Wildman–Crippen LogP) is 4.01. The van der Waals surface area contributed by atoms with Gasteiger partial charge in [-0.1, -0.05) is 11.6 Å². The van der Waals surface area contributed by atoms with E-state index in [0.717, 1.165) is 12.8 Å². The first-order chi connectivity index (χ1) is 15.5. The van der Waals surface area contributed by atoms with Gasteiger partial charge in [0.25, 0.3) is 5.91 Å². The molecule has 1 spiro atoms. The zero-order valence-corrected chi connectivity index (χ0v) is 18.2. The van der Waals surface area contributed by atoms with Crippen molar-refractivity contribution < 1.29 is 14.0 Å². The molecule has 32 heavy (non-hydrogen) atoms. The minimum absolute atomic E-state index is 0.0139. The molecular formula is C23H23ClFN5O2. The summed E-state index contributed by atoms with van der Waals surface area (Å²) in [7, 11) is 0. The van der Waals surface area contributed by atoms with Crippen LogP contribution in [0.2, 0.25) is 5.02 Å². The van der Waals surface area contributed by atoms with Crippen LogP contribution >= 0.6 is 11.6 Å². The summed E-state index contributed by atoms with van der Waals surface area (Å²) in [4.78, 5) is 32.2. The Balaban J connectivity index is 1.27. The number of nitrogens with one attached hydrogen (secondary N) is 1. The number of rotatable bonds is 3. The van der Waals surface area contributed by atoms with Crippen LogP contribution < -0.4 is 10.2 Å². The van der Waals surface area contributed by atoms with Gasteiger partial charge in [0.1, 0.15) is 11.5 Å². The molecule has 1 aliphatic carbocycles. The Bertz CT molecular complexity index is 1190. The van der Waals surface area contributed by atoms with E-state index in [1.807, 2.05) is 0 Å². The molecule has 166 valence electrons. The van der Waals surface area contributed by atoms with E-state index < -0.39 is 11.2 Å².